The number of fused-ring (bicyclic) bond motifs is 1. The molecule has 0 saturated heterocycles. The van der Waals surface area contributed by atoms with Gasteiger partial charge in [0.25, 0.3) is 0 Å². The van der Waals surface area contributed by atoms with Crippen LogP contribution in [-0.4, -0.2) is 12.4 Å². The Morgan fingerprint density at radius 1 is 1.33 bits per heavy atom. The average molecular weight is 279 g/mol. The summed E-state index contributed by atoms with van der Waals surface area (Å²) < 4.78 is 5.64. The van der Waals surface area contributed by atoms with E-state index >= 15 is 0 Å². The Labute approximate surface area is 114 Å². The molecule has 0 radical (unpaired) electrons. The molecule has 1 unspecified atom stereocenters. The molecule has 1 aliphatic rings. The lowest BCUT2D eigenvalue weighted by Gasteiger charge is -2.24. The van der Waals surface area contributed by atoms with Crippen molar-refractivity contribution < 1.29 is 9.53 Å². The van der Waals surface area contributed by atoms with Crippen molar-refractivity contribution in [2.45, 2.75) is 12.5 Å². The fraction of sp³-hybridized carbons (Fsp3) is 0.214. The van der Waals surface area contributed by atoms with Gasteiger partial charge in [0.15, 0.2) is 0 Å². The largest absolute Gasteiger partial charge is 0.365 e. The van der Waals surface area contributed by atoms with Crippen molar-refractivity contribution >= 4 is 28.7 Å². The number of hydrogen-bond donors (Lipinski definition) is 0. The Balaban J connectivity index is 2.00. The number of hydrogen-bond acceptors (Lipinski definition) is 3. The fourth-order valence-electron chi connectivity index (χ4n) is 2.20. The van der Waals surface area contributed by atoms with Crippen LogP contribution in [0.25, 0.3) is 0 Å². The van der Waals surface area contributed by atoms with Gasteiger partial charge in [0.05, 0.1) is 16.5 Å². The molecule has 2 aromatic rings. The van der Waals surface area contributed by atoms with Crippen molar-refractivity contribution in [1.29, 1.82) is 0 Å². The van der Waals surface area contributed by atoms with Crippen molar-refractivity contribution in [2.24, 2.45) is 0 Å². The Morgan fingerprint density at radius 2 is 2.17 bits per heavy atom. The van der Waals surface area contributed by atoms with Gasteiger partial charge in [0.1, 0.15) is 6.10 Å². The van der Waals surface area contributed by atoms with Gasteiger partial charge in [0, 0.05) is 0 Å². The lowest BCUT2D eigenvalue weighted by atomic mass is 9.95. The van der Waals surface area contributed by atoms with E-state index in [2.05, 4.69) is 0 Å². The Bertz CT molecular complexity index is 591. The maximum Gasteiger partial charge on any atom is 0.207 e. The first-order valence-corrected chi connectivity index (χ1v) is 7.00. The van der Waals surface area contributed by atoms with Gasteiger partial charge >= 0.3 is 0 Å². The highest BCUT2D eigenvalue weighted by atomic mass is 35.5. The van der Waals surface area contributed by atoms with Gasteiger partial charge in [-0.05, 0) is 29.0 Å². The molecule has 2 heterocycles. The van der Waals surface area contributed by atoms with Crippen LogP contribution in [-0.2, 0) is 11.2 Å². The lowest BCUT2D eigenvalue weighted by molar-refractivity contribution is 0.0353. The van der Waals surface area contributed by atoms with Gasteiger partial charge in [-0.3, -0.25) is 4.79 Å². The maximum absolute atomic E-state index is 12.4. The minimum absolute atomic E-state index is 0.0397. The van der Waals surface area contributed by atoms with Crippen LogP contribution in [0, 0.1) is 0 Å². The molecule has 0 saturated carbocycles. The van der Waals surface area contributed by atoms with E-state index in [-0.39, 0.29) is 5.78 Å². The molecule has 0 bridgehead atoms. The van der Waals surface area contributed by atoms with Gasteiger partial charge in [-0.15, -0.1) is 11.3 Å². The highest BCUT2D eigenvalue weighted by Crippen LogP contribution is 2.33. The van der Waals surface area contributed by atoms with Crippen LogP contribution in [0.4, 0.5) is 0 Å². The predicted octanol–water partition coefficient (Wildman–Crippen LogP) is 3.90. The second kappa shape index (κ2) is 4.84. The van der Waals surface area contributed by atoms with Crippen molar-refractivity contribution in [1.82, 2.24) is 0 Å². The Morgan fingerprint density at radius 3 is 2.94 bits per heavy atom. The standard InChI is InChI=1S/C14H11ClO2S/c15-11-6-8-18-14(11)12(16)13-10-4-2-1-3-9(10)5-7-17-13/h1-4,6,8,13H,5,7H2. The van der Waals surface area contributed by atoms with E-state index in [1.54, 1.807) is 6.07 Å². The van der Waals surface area contributed by atoms with Gasteiger partial charge in [-0.1, -0.05) is 35.9 Å². The molecule has 1 aromatic heterocycles. The average Bonchev–Trinajstić information content (AvgIpc) is 2.83. The van der Waals surface area contributed by atoms with Gasteiger partial charge in [-0.25, -0.2) is 0 Å². The lowest BCUT2D eigenvalue weighted by Crippen LogP contribution is -2.23. The number of ketones is 1. The highest BCUT2D eigenvalue weighted by molar-refractivity contribution is 7.12. The predicted molar refractivity (Wildman–Crippen MR) is 72.5 cm³/mol. The summed E-state index contributed by atoms with van der Waals surface area (Å²) in [4.78, 5) is 13.0. The van der Waals surface area contributed by atoms with Crippen LogP contribution in [0.1, 0.15) is 26.9 Å². The topological polar surface area (TPSA) is 26.3 Å². The highest BCUT2D eigenvalue weighted by Gasteiger charge is 2.29. The Hall–Kier alpha value is -1.16. The van der Waals surface area contributed by atoms with Crippen LogP contribution in [0.15, 0.2) is 35.7 Å². The van der Waals surface area contributed by atoms with Crippen molar-refractivity contribution in [2.75, 3.05) is 6.61 Å². The SMILES string of the molecule is O=C(c1sccc1Cl)C1OCCc2ccccc21. The first kappa shape index (κ1) is 11.9. The van der Waals surface area contributed by atoms with Crippen LogP contribution in [0.3, 0.4) is 0 Å². The number of carbonyl (C=O) groups excluding carboxylic acids is 1. The van der Waals surface area contributed by atoms with Crippen LogP contribution < -0.4 is 0 Å². The molecule has 0 spiro atoms. The third-order valence-corrected chi connectivity index (χ3v) is 4.43. The minimum Gasteiger partial charge on any atom is -0.365 e. The third-order valence-electron chi connectivity index (χ3n) is 3.07. The zero-order valence-corrected chi connectivity index (χ0v) is 11.1. The fourth-order valence-corrected chi connectivity index (χ4v) is 3.31. The van der Waals surface area contributed by atoms with E-state index < -0.39 is 6.10 Å². The minimum atomic E-state index is -0.508. The zero-order chi connectivity index (χ0) is 12.5. The molecule has 92 valence electrons. The molecule has 0 N–H and O–H groups in total. The number of thiophene rings is 1. The quantitative estimate of drug-likeness (QED) is 0.779. The summed E-state index contributed by atoms with van der Waals surface area (Å²) >= 11 is 7.38. The summed E-state index contributed by atoms with van der Waals surface area (Å²) in [5.74, 6) is -0.0397. The van der Waals surface area contributed by atoms with E-state index in [0.717, 1.165) is 12.0 Å². The van der Waals surface area contributed by atoms with E-state index in [1.165, 1.54) is 16.9 Å². The number of carbonyl (C=O) groups is 1. The summed E-state index contributed by atoms with van der Waals surface area (Å²) in [6.07, 6.45) is 0.351. The number of rotatable bonds is 2. The van der Waals surface area contributed by atoms with Crippen molar-refractivity contribution in [3.8, 4) is 0 Å². The number of ether oxygens (including phenoxy) is 1. The summed E-state index contributed by atoms with van der Waals surface area (Å²) in [5, 5.41) is 2.33. The molecule has 1 aliphatic heterocycles. The van der Waals surface area contributed by atoms with Gasteiger partial charge in [-0.2, -0.15) is 0 Å². The molecule has 0 aliphatic carbocycles. The summed E-state index contributed by atoms with van der Waals surface area (Å²) in [6.45, 7) is 0.580. The smallest absolute Gasteiger partial charge is 0.207 e. The summed E-state index contributed by atoms with van der Waals surface area (Å²) in [6, 6.07) is 9.68. The summed E-state index contributed by atoms with van der Waals surface area (Å²) in [7, 11) is 0. The molecule has 0 fully saturated rings. The zero-order valence-electron chi connectivity index (χ0n) is 9.56. The van der Waals surface area contributed by atoms with Gasteiger partial charge in [0.2, 0.25) is 5.78 Å². The first-order chi connectivity index (χ1) is 8.77. The second-order valence-electron chi connectivity index (χ2n) is 4.16. The number of Topliss-reactive ketones (excluding diaryl/α,β-unsaturated/α-hetero) is 1. The van der Waals surface area contributed by atoms with Gasteiger partial charge < -0.3 is 4.74 Å². The van der Waals surface area contributed by atoms with E-state index in [4.69, 9.17) is 16.3 Å². The molecule has 2 nitrogen and oxygen atoms in total. The molecular formula is C14H11ClO2S. The molecule has 0 amide bonds. The molecule has 1 aromatic carbocycles. The number of halogens is 1. The normalized spacial score (nSPS) is 18.4. The maximum atomic E-state index is 12.4. The van der Waals surface area contributed by atoms with E-state index in [0.29, 0.717) is 16.5 Å². The summed E-state index contributed by atoms with van der Waals surface area (Å²) in [5.41, 5.74) is 2.16. The van der Waals surface area contributed by atoms with Crippen molar-refractivity contribution in [3.05, 3.63) is 56.7 Å². The van der Waals surface area contributed by atoms with E-state index in [1.807, 2.05) is 29.6 Å². The van der Waals surface area contributed by atoms with Crippen molar-refractivity contribution in [3.63, 3.8) is 0 Å². The second-order valence-corrected chi connectivity index (χ2v) is 5.48. The molecule has 3 rings (SSSR count). The van der Waals surface area contributed by atoms with Crippen LogP contribution >= 0.6 is 22.9 Å². The van der Waals surface area contributed by atoms with Crippen LogP contribution in [0.2, 0.25) is 5.02 Å². The number of benzene rings is 1. The molecule has 1 atom stereocenters. The third kappa shape index (κ3) is 1.99. The monoisotopic (exact) mass is 278 g/mol. The molecular weight excluding hydrogens is 268 g/mol. The molecule has 4 heteroatoms. The van der Waals surface area contributed by atoms with E-state index in [9.17, 15) is 4.79 Å². The Kier molecular flexibility index (Phi) is 3.20. The molecule has 18 heavy (non-hydrogen) atoms. The van der Waals surface area contributed by atoms with Crippen LogP contribution in [0.5, 0.6) is 0 Å². The first-order valence-electron chi connectivity index (χ1n) is 5.74.